The summed E-state index contributed by atoms with van der Waals surface area (Å²) >= 11 is 3.43. The number of benzene rings is 1. The third-order valence-corrected chi connectivity index (χ3v) is 4.23. The molecule has 0 radical (unpaired) electrons. The fourth-order valence-corrected chi connectivity index (χ4v) is 2.73. The third kappa shape index (κ3) is 3.98. The van der Waals surface area contributed by atoms with E-state index in [4.69, 9.17) is 0 Å². The summed E-state index contributed by atoms with van der Waals surface area (Å²) in [7, 11) is 0. The van der Waals surface area contributed by atoms with Gasteiger partial charge in [-0.25, -0.2) is 4.98 Å². The van der Waals surface area contributed by atoms with E-state index in [1.54, 1.807) is 4.90 Å². The summed E-state index contributed by atoms with van der Waals surface area (Å²) in [5.74, 6) is 1.47. The van der Waals surface area contributed by atoms with E-state index in [2.05, 4.69) is 36.1 Å². The van der Waals surface area contributed by atoms with Gasteiger partial charge in [-0.15, -0.1) is 0 Å². The third-order valence-electron chi connectivity index (χ3n) is 3.71. The van der Waals surface area contributed by atoms with Crippen LogP contribution in [0.5, 0.6) is 0 Å². The van der Waals surface area contributed by atoms with Crippen molar-refractivity contribution in [2.24, 2.45) is 0 Å². The predicted octanol–water partition coefficient (Wildman–Crippen LogP) is 2.57. The van der Waals surface area contributed by atoms with Gasteiger partial charge in [-0.05, 0) is 31.2 Å². The summed E-state index contributed by atoms with van der Waals surface area (Å²) in [6, 6.07) is 9.87. The molecule has 0 bridgehead atoms. The molecule has 2 aromatic rings. The van der Waals surface area contributed by atoms with Crippen LogP contribution in [0.2, 0.25) is 0 Å². The second kappa shape index (κ2) is 6.95. The van der Waals surface area contributed by atoms with Gasteiger partial charge < -0.3 is 15.1 Å². The van der Waals surface area contributed by atoms with Crippen molar-refractivity contribution in [1.29, 1.82) is 0 Å². The number of piperazine rings is 1. The number of carbonyl (C=O) groups is 1. The maximum atomic E-state index is 10.8. The van der Waals surface area contributed by atoms with Crippen molar-refractivity contribution in [2.75, 3.05) is 36.4 Å². The number of hydrogen-bond donors (Lipinski definition) is 1. The van der Waals surface area contributed by atoms with E-state index in [1.165, 1.54) is 0 Å². The van der Waals surface area contributed by atoms with Crippen molar-refractivity contribution in [2.45, 2.75) is 6.92 Å². The lowest BCUT2D eigenvalue weighted by molar-refractivity contribution is -0.118. The molecule has 2 heterocycles. The van der Waals surface area contributed by atoms with Crippen molar-refractivity contribution in [3.8, 4) is 0 Å². The van der Waals surface area contributed by atoms with Gasteiger partial charge in [-0.1, -0.05) is 15.9 Å². The number of nitrogens with one attached hydrogen (secondary N) is 1. The number of anilines is 3. The fraction of sp³-hybridized carbons (Fsp3) is 0.312. The number of carbonyl (C=O) groups excluding carboxylic acids is 1. The molecule has 7 heteroatoms. The van der Waals surface area contributed by atoms with E-state index in [0.29, 0.717) is 19.0 Å². The molecule has 3 rings (SSSR count). The number of hydrogen-bond acceptors (Lipinski definition) is 5. The zero-order chi connectivity index (χ0) is 16.2. The highest BCUT2D eigenvalue weighted by Gasteiger charge is 2.18. The SMILES string of the molecule is Cc1cc(Nc2ccc(Br)cc2)nc(N2CCN(C=O)CC2)n1. The lowest BCUT2D eigenvalue weighted by Crippen LogP contribution is -2.46. The highest BCUT2D eigenvalue weighted by molar-refractivity contribution is 9.10. The Hall–Kier alpha value is -2.15. The Morgan fingerprint density at radius 3 is 2.48 bits per heavy atom. The normalized spacial score (nSPS) is 14.7. The van der Waals surface area contributed by atoms with Crippen LogP contribution in [0, 0.1) is 6.92 Å². The molecule has 1 aromatic carbocycles. The van der Waals surface area contributed by atoms with Crippen LogP contribution < -0.4 is 10.2 Å². The first-order chi connectivity index (χ1) is 11.1. The van der Waals surface area contributed by atoms with Crippen LogP contribution in [0.25, 0.3) is 0 Å². The molecule has 1 aliphatic heterocycles. The summed E-state index contributed by atoms with van der Waals surface area (Å²) in [4.78, 5) is 23.8. The maximum Gasteiger partial charge on any atom is 0.227 e. The quantitative estimate of drug-likeness (QED) is 0.832. The molecule has 23 heavy (non-hydrogen) atoms. The van der Waals surface area contributed by atoms with Crippen molar-refractivity contribution in [3.63, 3.8) is 0 Å². The molecule has 0 spiro atoms. The van der Waals surface area contributed by atoms with Gasteiger partial charge in [0.1, 0.15) is 5.82 Å². The zero-order valence-electron chi connectivity index (χ0n) is 12.9. The van der Waals surface area contributed by atoms with Gasteiger partial charge in [-0.3, -0.25) is 4.79 Å². The molecule has 0 aliphatic carbocycles. The second-order valence-corrected chi connectivity index (χ2v) is 6.37. The summed E-state index contributed by atoms with van der Waals surface area (Å²) in [6.45, 7) is 4.87. The molecule has 1 aromatic heterocycles. The minimum absolute atomic E-state index is 0.704. The molecule has 1 saturated heterocycles. The summed E-state index contributed by atoms with van der Waals surface area (Å²) in [6.07, 6.45) is 0.898. The minimum Gasteiger partial charge on any atom is -0.342 e. The van der Waals surface area contributed by atoms with E-state index in [1.807, 2.05) is 37.3 Å². The Morgan fingerprint density at radius 2 is 1.83 bits per heavy atom. The van der Waals surface area contributed by atoms with Gasteiger partial charge in [0.15, 0.2) is 0 Å². The van der Waals surface area contributed by atoms with Gasteiger partial charge in [0.05, 0.1) is 0 Å². The Labute approximate surface area is 143 Å². The van der Waals surface area contributed by atoms with Crippen LogP contribution in [-0.4, -0.2) is 47.5 Å². The Kier molecular flexibility index (Phi) is 4.76. The first kappa shape index (κ1) is 15.7. The van der Waals surface area contributed by atoms with Crippen LogP contribution in [-0.2, 0) is 4.79 Å². The van der Waals surface area contributed by atoms with Crippen LogP contribution in [0.15, 0.2) is 34.8 Å². The van der Waals surface area contributed by atoms with Crippen molar-refractivity contribution in [3.05, 3.63) is 40.5 Å². The number of halogens is 1. The molecule has 0 atom stereocenters. The largest absolute Gasteiger partial charge is 0.342 e. The number of nitrogens with zero attached hydrogens (tertiary/aromatic N) is 4. The fourth-order valence-electron chi connectivity index (χ4n) is 2.47. The number of amides is 1. The first-order valence-electron chi connectivity index (χ1n) is 7.46. The average Bonchev–Trinajstić information content (AvgIpc) is 2.56. The summed E-state index contributed by atoms with van der Waals surface area (Å²) in [5, 5.41) is 3.31. The van der Waals surface area contributed by atoms with E-state index < -0.39 is 0 Å². The predicted molar refractivity (Wildman–Crippen MR) is 94.0 cm³/mol. The Morgan fingerprint density at radius 1 is 1.13 bits per heavy atom. The lowest BCUT2D eigenvalue weighted by atomic mass is 10.3. The Balaban J connectivity index is 1.76. The van der Waals surface area contributed by atoms with Crippen molar-refractivity contribution < 1.29 is 4.79 Å². The average molecular weight is 376 g/mol. The molecule has 0 saturated carbocycles. The molecular weight excluding hydrogens is 358 g/mol. The van der Waals surface area contributed by atoms with E-state index in [-0.39, 0.29) is 0 Å². The molecule has 1 fully saturated rings. The number of rotatable bonds is 4. The molecule has 6 nitrogen and oxygen atoms in total. The van der Waals surface area contributed by atoms with Crippen molar-refractivity contribution >= 4 is 39.8 Å². The highest BCUT2D eigenvalue weighted by atomic mass is 79.9. The van der Waals surface area contributed by atoms with Crippen LogP contribution in [0.1, 0.15) is 5.69 Å². The van der Waals surface area contributed by atoms with Gasteiger partial charge in [0.2, 0.25) is 12.4 Å². The topological polar surface area (TPSA) is 61.4 Å². The van der Waals surface area contributed by atoms with Gasteiger partial charge in [-0.2, -0.15) is 4.98 Å². The summed E-state index contributed by atoms with van der Waals surface area (Å²) in [5.41, 5.74) is 1.88. The number of aromatic nitrogens is 2. The first-order valence-corrected chi connectivity index (χ1v) is 8.26. The van der Waals surface area contributed by atoms with E-state index in [9.17, 15) is 4.79 Å². The smallest absolute Gasteiger partial charge is 0.227 e. The highest BCUT2D eigenvalue weighted by Crippen LogP contribution is 2.21. The molecule has 1 amide bonds. The second-order valence-electron chi connectivity index (χ2n) is 5.45. The van der Waals surface area contributed by atoms with Crippen LogP contribution in [0.4, 0.5) is 17.5 Å². The lowest BCUT2D eigenvalue weighted by Gasteiger charge is -2.32. The Bertz CT molecular complexity index is 683. The van der Waals surface area contributed by atoms with E-state index in [0.717, 1.165) is 41.2 Å². The zero-order valence-corrected chi connectivity index (χ0v) is 14.5. The number of aryl methyl sites for hydroxylation is 1. The monoisotopic (exact) mass is 375 g/mol. The van der Waals surface area contributed by atoms with Crippen LogP contribution in [0.3, 0.4) is 0 Å². The minimum atomic E-state index is 0.704. The molecule has 0 unspecified atom stereocenters. The molecular formula is C16H18BrN5O. The maximum absolute atomic E-state index is 10.8. The van der Waals surface area contributed by atoms with Gasteiger partial charge >= 0.3 is 0 Å². The van der Waals surface area contributed by atoms with Gasteiger partial charge in [0, 0.05) is 48.1 Å². The molecule has 1 N–H and O–H groups in total. The summed E-state index contributed by atoms with van der Waals surface area (Å²) < 4.78 is 1.04. The molecule has 120 valence electrons. The van der Waals surface area contributed by atoms with Crippen molar-refractivity contribution in [1.82, 2.24) is 14.9 Å². The van der Waals surface area contributed by atoms with Gasteiger partial charge in [0.25, 0.3) is 0 Å². The van der Waals surface area contributed by atoms with E-state index >= 15 is 0 Å². The van der Waals surface area contributed by atoms with Crippen LogP contribution >= 0.6 is 15.9 Å². The molecule has 1 aliphatic rings. The standard InChI is InChI=1S/C16H18BrN5O/c1-12-10-15(19-14-4-2-13(17)3-5-14)20-16(18-12)22-8-6-21(11-23)7-9-22/h2-5,10-11H,6-9H2,1H3,(H,18,19,20).